The highest BCUT2D eigenvalue weighted by atomic mass is 79.9. The summed E-state index contributed by atoms with van der Waals surface area (Å²) in [6, 6.07) is 8.19. The molecule has 2 N–H and O–H groups in total. The van der Waals surface area contributed by atoms with Gasteiger partial charge in [-0.15, -0.1) is 0 Å². The van der Waals surface area contributed by atoms with Gasteiger partial charge >= 0.3 is 0 Å². The third-order valence-corrected chi connectivity index (χ3v) is 3.36. The number of nitrogens with two attached hydrogens (primary N) is 1. The molecule has 0 aromatic heterocycles. The second kappa shape index (κ2) is 4.25. The molecule has 1 rings (SSSR count). The predicted octanol–water partition coefficient (Wildman–Crippen LogP) is 3.42. The quantitative estimate of drug-likeness (QED) is 0.863. The molecule has 0 aliphatic rings. The van der Waals surface area contributed by atoms with Gasteiger partial charge in [-0.1, -0.05) is 48.0 Å². The molecule has 0 fully saturated rings. The SMILES string of the molecule is CCC(N)(CC)c1ccccc1Br. The largest absolute Gasteiger partial charge is 0.321 e. The van der Waals surface area contributed by atoms with Crippen molar-refractivity contribution in [1.29, 1.82) is 0 Å². The number of hydrogen-bond acceptors (Lipinski definition) is 1. The lowest BCUT2D eigenvalue weighted by atomic mass is 9.86. The zero-order valence-corrected chi connectivity index (χ0v) is 9.76. The summed E-state index contributed by atoms with van der Waals surface area (Å²) in [6.07, 6.45) is 1.93. The minimum atomic E-state index is -0.180. The van der Waals surface area contributed by atoms with E-state index in [2.05, 4.69) is 35.8 Å². The van der Waals surface area contributed by atoms with Crippen LogP contribution in [0, 0.1) is 0 Å². The lowest BCUT2D eigenvalue weighted by Gasteiger charge is -2.28. The topological polar surface area (TPSA) is 26.0 Å². The van der Waals surface area contributed by atoms with E-state index in [1.165, 1.54) is 5.56 Å². The molecule has 0 saturated heterocycles. The summed E-state index contributed by atoms with van der Waals surface area (Å²) >= 11 is 3.53. The number of hydrogen-bond donors (Lipinski definition) is 1. The van der Waals surface area contributed by atoms with Crippen LogP contribution in [0.5, 0.6) is 0 Å². The Morgan fingerprint density at radius 2 is 1.77 bits per heavy atom. The molecule has 0 spiro atoms. The lowest BCUT2D eigenvalue weighted by Crippen LogP contribution is -2.35. The van der Waals surface area contributed by atoms with Crippen LogP contribution in [0.3, 0.4) is 0 Å². The minimum Gasteiger partial charge on any atom is -0.321 e. The fraction of sp³-hybridized carbons (Fsp3) is 0.455. The smallest absolute Gasteiger partial charge is 0.0415 e. The third-order valence-electron chi connectivity index (χ3n) is 2.67. The van der Waals surface area contributed by atoms with Crippen LogP contribution in [0.1, 0.15) is 32.3 Å². The highest BCUT2D eigenvalue weighted by Gasteiger charge is 2.24. The van der Waals surface area contributed by atoms with Crippen LogP contribution in [-0.2, 0) is 5.54 Å². The molecule has 2 heteroatoms. The Morgan fingerprint density at radius 1 is 1.23 bits per heavy atom. The molecule has 0 heterocycles. The lowest BCUT2D eigenvalue weighted by molar-refractivity contribution is 0.411. The van der Waals surface area contributed by atoms with Crippen molar-refractivity contribution >= 4 is 15.9 Å². The second-order valence-corrected chi connectivity index (χ2v) is 4.20. The van der Waals surface area contributed by atoms with Crippen LogP contribution < -0.4 is 5.73 Å². The minimum absolute atomic E-state index is 0.180. The maximum atomic E-state index is 6.29. The first-order valence-corrected chi connectivity index (χ1v) is 5.47. The molecule has 0 radical (unpaired) electrons. The number of rotatable bonds is 3. The maximum Gasteiger partial charge on any atom is 0.0415 e. The zero-order chi connectivity index (χ0) is 9.90. The summed E-state index contributed by atoms with van der Waals surface area (Å²) < 4.78 is 1.11. The normalized spacial score (nSPS) is 11.7. The molecule has 0 amide bonds. The van der Waals surface area contributed by atoms with Crippen LogP contribution in [0.2, 0.25) is 0 Å². The van der Waals surface area contributed by atoms with Gasteiger partial charge in [-0.05, 0) is 24.5 Å². The summed E-state index contributed by atoms with van der Waals surface area (Å²) in [5.74, 6) is 0. The summed E-state index contributed by atoms with van der Waals surface area (Å²) in [6.45, 7) is 4.26. The van der Waals surface area contributed by atoms with Gasteiger partial charge < -0.3 is 5.73 Å². The van der Waals surface area contributed by atoms with Crippen LogP contribution in [0.25, 0.3) is 0 Å². The van der Waals surface area contributed by atoms with Gasteiger partial charge in [0.25, 0.3) is 0 Å². The highest BCUT2D eigenvalue weighted by Crippen LogP contribution is 2.31. The zero-order valence-electron chi connectivity index (χ0n) is 8.18. The van der Waals surface area contributed by atoms with E-state index in [1.807, 2.05) is 18.2 Å². The molecule has 0 aliphatic carbocycles. The van der Waals surface area contributed by atoms with Gasteiger partial charge in [-0.25, -0.2) is 0 Å². The number of halogens is 1. The molecule has 0 atom stereocenters. The van der Waals surface area contributed by atoms with Crippen molar-refractivity contribution in [3.05, 3.63) is 34.3 Å². The van der Waals surface area contributed by atoms with Crippen molar-refractivity contribution in [1.82, 2.24) is 0 Å². The average molecular weight is 242 g/mol. The molecule has 0 unspecified atom stereocenters. The number of benzene rings is 1. The summed E-state index contributed by atoms with van der Waals surface area (Å²) in [4.78, 5) is 0. The Kier molecular flexibility index (Phi) is 3.51. The first-order valence-electron chi connectivity index (χ1n) is 4.68. The van der Waals surface area contributed by atoms with Gasteiger partial charge in [0.05, 0.1) is 0 Å². The maximum absolute atomic E-state index is 6.29. The molecule has 1 nitrogen and oxygen atoms in total. The van der Waals surface area contributed by atoms with Crippen LogP contribution >= 0.6 is 15.9 Å². The van der Waals surface area contributed by atoms with Gasteiger partial charge in [0.2, 0.25) is 0 Å². The first-order chi connectivity index (χ1) is 6.14. The van der Waals surface area contributed by atoms with Gasteiger partial charge in [-0.3, -0.25) is 0 Å². The van der Waals surface area contributed by atoms with Crippen molar-refractivity contribution in [2.75, 3.05) is 0 Å². The van der Waals surface area contributed by atoms with Crippen LogP contribution in [-0.4, -0.2) is 0 Å². The summed E-state index contributed by atoms with van der Waals surface area (Å²) in [7, 11) is 0. The molecular formula is C11H16BrN. The van der Waals surface area contributed by atoms with Gasteiger partial charge in [-0.2, -0.15) is 0 Å². The second-order valence-electron chi connectivity index (χ2n) is 3.34. The first kappa shape index (κ1) is 10.7. The van der Waals surface area contributed by atoms with Crippen molar-refractivity contribution < 1.29 is 0 Å². The summed E-state index contributed by atoms with van der Waals surface area (Å²) in [5, 5.41) is 0. The van der Waals surface area contributed by atoms with E-state index >= 15 is 0 Å². The van der Waals surface area contributed by atoms with E-state index in [0.717, 1.165) is 17.3 Å². The van der Waals surface area contributed by atoms with E-state index in [9.17, 15) is 0 Å². The molecule has 13 heavy (non-hydrogen) atoms. The molecule has 72 valence electrons. The standard InChI is InChI=1S/C11H16BrN/c1-3-11(13,4-2)9-7-5-6-8-10(9)12/h5-8H,3-4,13H2,1-2H3. The Morgan fingerprint density at radius 3 is 2.23 bits per heavy atom. The van der Waals surface area contributed by atoms with Gasteiger partial charge in [0.1, 0.15) is 0 Å². The molecule has 0 saturated carbocycles. The van der Waals surface area contributed by atoms with E-state index in [-0.39, 0.29) is 5.54 Å². The van der Waals surface area contributed by atoms with Crippen LogP contribution in [0.4, 0.5) is 0 Å². The Balaban J connectivity index is 3.12. The van der Waals surface area contributed by atoms with E-state index in [4.69, 9.17) is 5.73 Å². The summed E-state index contributed by atoms with van der Waals surface area (Å²) in [5.41, 5.74) is 7.32. The fourth-order valence-corrected chi connectivity index (χ4v) is 2.18. The van der Waals surface area contributed by atoms with E-state index in [1.54, 1.807) is 0 Å². The van der Waals surface area contributed by atoms with E-state index in [0.29, 0.717) is 0 Å². The van der Waals surface area contributed by atoms with Gasteiger partial charge in [0.15, 0.2) is 0 Å². The molecule has 0 aliphatic heterocycles. The highest BCUT2D eigenvalue weighted by molar-refractivity contribution is 9.10. The average Bonchev–Trinajstić information content (AvgIpc) is 2.17. The molecule has 1 aromatic carbocycles. The van der Waals surface area contributed by atoms with Crippen LogP contribution in [0.15, 0.2) is 28.7 Å². The predicted molar refractivity (Wildman–Crippen MR) is 60.6 cm³/mol. The molecule has 1 aromatic rings. The Hall–Kier alpha value is -0.340. The third kappa shape index (κ3) is 2.12. The Bertz CT molecular complexity index is 279. The fourth-order valence-electron chi connectivity index (χ4n) is 1.50. The monoisotopic (exact) mass is 241 g/mol. The van der Waals surface area contributed by atoms with Crippen molar-refractivity contribution in [3.63, 3.8) is 0 Å². The van der Waals surface area contributed by atoms with Gasteiger partial charge in [0, 0.05) is 10.0 Å². The molecular weight excluding hydrogens is 226 g/mol. The Labute approximate surface area is 88.5 Å². The van der Waals surface area contributed by atoms with Crippen molar-refractivity contribution in [2.24, 2.45) is 5.73 Å². The van der Waals surface area contributed by atoms with Crippen molar-refractivity contribution in [3.8, 4) is 0 Å². The molecule has 0 bridgehead atoms. The van der Waals surface area contributed by atoms with Crippen molar-refractivity contribution in [2.45, 2.75) is 32.2 Å². The van der Waals surface area contributed by atoms with E-state index < -0.39 is 0 Å².